The predicted molar refractivity (Wildman–Crippen MR) is 140 cm³/mol. The standard InChI is InChI=1S/C30H28N2O4/c33-29(31-25-15-10-18-27(21-25)36-26-16-8-3-9-17-26)28(20-19-23-11-4-1-5-12-23)32-30(34)35-22-24-13-6-2-7-14-24/h1-18,21,28H,19-20,22H2,(H,31,33)(H,32,34). The average Bonchev–Trinajstić information content (AvgIpc) is 2.92. The van der Waals surface area contributed by atoms with Crippen molar-refractivity contribution in [2.24, 2.45) is 0 Å². The molecule has 0 aromatic heterocycles. The fourth-order valence-corrected chi connectivity index (χ4v) is 3.62. The van der Waals surface area contributed by atoms with E-state index >= 15 is 0 Å². The minimum atomic E-state index is -0.785. The van der Waals surface area contributed by atoms with Crippen LogP contribution in [0.4, 0.5) is 10.5 Å². The molecule has 0 bridgehead atoms. The van der Waals surface area contributed by atoms with E-state index in [1.54, 1.807) is 18.2 Å². The molecule has 2 amide bonds. The Morgan fingerprint density at radius 1 is 0.694 bits per heavy atom. The number of benzene rings is 4. The number of carbonyl (C=O) groups excluding carboxylic acids is 2. The second-order valence-corrected chi connectivity index (χ2v) is 8.22. The molecule has 4 rings (SSSR count). The summed E-state index contributed by atoms with van der Waals surface area (Å²) >= 11 is 0. The molecule has 0 aliphatic heterocycles. The number of nitrogens with one attached hydrogen (secondary N) is 2. The zero-order valence-electron chi connectivity index (χ0n) is 19.8. The van der Waals surface area contributed by atoms with Gasteiger partial charge in [0.05, 0.1) is 0 Å². The smallest absolute Gasteiger partial charge is 0.408 e. The van der Waals surface area contributed by atoms with Gasteiger partial charge in [0, 0.05) is 11.8 Å². The zero-order chi connectivity index (χ0) is 25.0. The molecule has 0 aliphatic rings. The molecule has 182 valence electrons. The molecule has 1 atom stereocenters. The summed E-state index contributed by atoms with van der Waals surface area (Å²) in [5.41, 5.74) is 2.51. The maximum absolute atomic E-state index is 13.2. The topological polar surface area (TPSA) is 76.7 Å². The second-order valence-electron chi connectivity index (χ2n) is 8.22. The Labute approximate surface area is 210 Å². The number of aryl methyl sites for hydroxylation is 1. The lowest BCUT2D eigenvalue weighted by molar-refractivity contribution is -0.118. The number of hydrogen-bond acceptors (Lipinski definition) is 4. The quantitative estimate of drug-likeness (QED) is 0.277. The fourth-order valence-electron chi connectivity index (χ4n) is 3.62. The Morgan fingerprint density at radius 3 is 2.00 bits per heavy atom. The van der Waals surface area contributed by atoms with Crippen LogP contribution in [0.1, 0.15) is 17.5 Å². The SMILES string of the molecule is O=C(NC(CCc1ccccc1)C(=O)Nc1cccc(Oc2ccccc2)c1)OCc1ccccc1. The van der Waals surface area contributed by atoms with Gasteiger partial charge in [-0.15, -0.1) is 0 Å². The summed E-state index contributed by atoms with van der Waals surface area (Å²) in [6.07, 6.45) is 0.388. The van der Waals surface area contributed by atoms with Gasteiger partial charge in [-0.3, -0.25) is 4.79 Å². The van der Waals surface area contributed by atoms with E-state index in [2.05, 4.69) is 10.6 Å². The van der Waals surface area contributed by atoms with Crippen LogP contribution in [-0.4, -0.2) is 18.0 Å². The fraction of sp³-hybridized carbons (Fsp3) is 0.133. The zero-order valence-corrected chi connectivity index (χ0v) is 19.8. The molecular formula is C30H28N2O4. The van der Waals surface area contributed by atoms with E-state index in [4.69, 9.17) is 9.47 Å². The molecule has 0 saturated heterocycles. The number of carbonyl (C=O) groups is 2. The molecule has 0 fully saturated rings. The van der Waals surface area contributed by atoms with Gasteiger partial charge in [-0.2, -0.15) is 0 Å². The summed E-state index contributed by atoms with van der Waals surface area (Å²) in [6, 6.07) is 35.0. The van der Waals surface area contributed by atoms with Crippen molar-refractivity contribution >= 4 is 17.7 Å². The van der Waals surface area contributed by atoms with Crippen LogP contribution < -0.4 is 15.4 Å². The maximum Gasteiger partial charge on any atom is 0.408 e. The van der Waals surface area contributed by atoms with Crippen LogP contribution in [0.25, 0.3) is 0 Å². The Bertz CT molecular complexity index is 1250. The van der Waals surface area contributed by atoms with Crippen molar-refractivity contribution in [3.05, 3.63) is 126 Å². The Morgan fingerprint density at radius 2 is 1.31 bits per heavy atom. The van der Waals surface area contributed by atoms with Gasteiger partial charge in [0.25, 0.3) is 0 Å². The minimum absolute atomic E-state index is 0.124. The van der Waals surface area contributed by atoms with Crippen molar-refractivity contribution in [3.63, 3.8) is 0 Å². The Balaban J connectivity index is 1.40. The molecule has 0 aliphatic carbocycles. The van der Waals surface area contributed by atoms with Crippen molar-refractivity contribution in [2.45, 2.75) is 25.5 Å². The van der Waals surface area contributed by atoms with Gasteiger partial charge in [-0.1, -0.05) is 84.9 Å². The second kappa shape index (κ2) is 12.8. The molecule has 4 aromatic rings. The number of ether oxygens (including phenoxy) is 2. The molecule has 4 aromatic carbocycles. The highest BCUT2D eigenvalue weighted by Crippen LogP contribution is 2.24. The number of hydrogen-bond donors (Lipinski definition) is 2. The normalized spacial score (nSPS) is 11.2. The highest BCUT2D eigenvalue weighted by Gasteiger charge is 2.22. The molecule has 6 heteroatoms. The predicted octanol–water partition coefficient (Wildman–Crippen LogP) is 6.35. The lowest BCUT2D eigenvalue weighted by atomic mass is 10.0. The van der Waals surface area contributed by atoms with Crippen molar-refractivity contribution < 1.29 is 19.1 Å². The maximum atomic E-state index is 13.2. The first kappa shape index (κ1) is 24.5. The van der Waals surface area contributed by atoms with E-state index in [0.717, 1.165) is 11.1 Å². The lowest BCUT2D eigenvalue weighted by Gasteiger charge is -2.19. The third-order valence-electron chi connectivity index (χ3n) is 5.47. The highest BCUT2D eigenvalue weighted by molar-refractivity contribution is 5.96. The molecule has 0 radical (unpaired) electrons. The summed E-state index contributed by atoms with van der Waals surface area (Å²) in [4.78, 5) is 25.7. The molecule has 0 heterocycles. The molecule has 0 saturated carbocycles. The first-order valence-electron chi connectivity index (χ1n) is 11.8. The van der Waals surface area contributed by atoms with Gasteiger partial charge >= 0.3 is 6.09 Å². The van der Waals surface area contributed by atoms with E-state index in [0.29, 0.717) is 30.0 Å². The summed E-state index contributed by atoms with van der Waals surface area (Å²) in [7, 11) is 0. The van der Waals surface area contributed by atoms with E-state index in [-0.39, 0.29) is 12.5 Å². The first-order chi connectivity index (χ1) is 17.7. The van der Waals surface area contributed by atoms with Crippen LogP contribution in [-0.2, 0) is 22.6 Å². The molecule has 6 nitrogen and oxygen atoms in total. The molecule has 36 heavy (non-hydrogen) atoms. The lowest BCUT2D eigenvalue weighted by Crippen LogP contribution is -2.44. The Hall–Kier alpha value is -4.58. The molecule has 2 N–H and O–H groups in total. The van der Waals surface area contributed by atoms with Crippen molar-refractivity contribution in [2.75, 3.05) is 5.32 Å². The van der Waals surface area contributed by atoms with Crippen LogP contribution >= 0.6 is 0 Å². The van der Waals surface area contributed by atoms with E-state index in [9.17, 15) is 9.59 Å². The van der Waals surface area contributed by atoms with Gasteiger partial charge in [-0.25, -0.2) is 4.79 Å². The number of alkyl carbamates (subject to hydrolysis) is 1. The van der Waals surface area contributed by atoms with Crippen molar-refractivity contribution in [1.29, 1.82) is 0 Å². The van der Waals surface area contributed by atoms with Crippen LogP contribution in [0.15, 0.2) is 115 Å². The van der Waals surface area contributed by atoms with Gasteiger partial charge < -0.3 is 20.1 Å². The highest BCUT2D eigenvalue weighted by atomic mass is 16.5. The third kappa shape index (κ3) is 7.74. The number of anilines is 1. The van der Waals surface area contributed by atoms with Gasteiger partial charge in [0.1, 0.15) is 24.1 Å². The van der Waals surface area contributed by atoms with Gasteiger partial charge in [-0.05, 0) is 48.2 Å². The van der Waals surface area contributed by atoms with E-state index < -0.39 is 12.1 Å². The van der Waals surface area contributed by atoms with Gasteiger partial charge in [0.15, 0.2) is 0 Å². The number of para-hydroxylation sites is 1. The number of rotatable bonds is 10. The van der Waals surface area contributed by atoms with Crippen molar-refractivity contribution in [3.8, 4) is 11.5 Å². The Kier molecular flexibility index (Phi) is 8.70. The summed E-state index contributed by atoms with van der Waals surface area (Å²) < 4.78 is 11.2. The first-order valence-corrected chi connectivity index (χ1v) is 11.8. The third-order valence-corrected chi connectivity index (χ3v) is 5.47. The minimum Gasteiger partial charge on any atom is -0.457 e. The average molecular weight is 481 g/mol. The van der Waals surface area contributed by atoms with E-state index in [1.807, 2.05) is 97.1 Å². The van der Waals surface area contributed by atoms with Crippen LogP contribution in [0.2, 0.25) is 0 Å². The van der Waals surface area contributed by atoms with Crippen molar-refractivity contribution in [1.82, 2.24) is 5.32 Å². The van der Waals surface area contributed by atoms with Crippen LogP contribution in [0.3, 0.4) is 0 Å². The van der Waals surface area contributed by atoms with Gasteiger partial charge in [0.2, 0.25) is 5.91 Å². The largest absolute Gasteiger partial charge is 0.457 e. The summed E-state index contributed by atoms with van der Waals surface area (Å²) in [6.45, 7) is 0.124. The molecular weight excluding hydrogens is 452 g/mol. The van der Waals surface area contributed by atoms with Crippen LogP contribution in [0, 0.1) is 0 Å². The van der Waals surface area contributed by atoms with E-state index in [1.165, 1.54) is 0 Å². The van der Waals surface area contributed by atoms with Crippen LogP contribution in [0.5, 0.6) is 11.5 Å². The molecule has 1 unspecified atom stereocenters. The summed E-state index contributed by atoms with van der Waals surface area (Å²) in [5, 5.41) is 5.62. The monoisotopic (exact) mass is 480 g/mol. The molecule has 0 spiro atoms. The number of amides is 2. The summed E-state index contributed by atoms with van der Waals surface area (Å²) in [5.74, 6) is 0.957.